The number of likely N-dealkylation sites (tertiary alicyclic amines) is 1. The van der Waals surface area contributed by atoms with Crippen molar-refractivity contribution in [1.29, 1.82) is 0 Å². The van der Waals surface area contributed by atoms with Gasteiger partial charge in [0, 0.05) is 54.6 Å². The van der Waals surface area contributed by atoms with Gasteiger partial charge in [-0.15, -0.1) is 0 Å². The molecule has 4 atom stereocenters. The topological polar surface area (TPSA) is 149 Å². The molecule has 5 rings (SSSR count). The van der Waals surface area contributed by atoms with E-state index in [1.165, 1.54) is 24.1 Å². The summed E-state index contributed by atoms with van der Waals surface area (Å²) in [5.74, 6) is -2.01. The van der Waals surface area contributed by atoms with E-state index in [0.717, 1.165) is 18.4 Å². The number of Topliss-reactive ketones (excluding diaryl/α,β-unsaturated/α-hetero) is 3. The number of hydrogen-bond acceptors (Lipinski definition) is 9. The maximum absolute atomic E-state index is 14.2. The molecule has 11 nitrogen and oxygen atoms in total. The Morgan fingerprint density at radius 3 is 2.44 bits per heavy atom. The first-order chi connectivity index (χ1) is 23.7. The SMILES string of the molecule is CCC[C@H](CC(=O)[C@@H]1C[C@]2(CC(c3cccc(Cl)c3)=NO2)CN1C(=O)CC(NS(=O)(=O)c1ccc(OC)cc1)C(C)C)C(=O)C(=O)CC1CC1. The van der Waals surface area contributed by atoms with Crippen LogP contribution in [0.4, 0.5) is 0 Å². The molecule has 2 fully saturated rings. The first kappa shape index (κ1) is 37.6. The molecule has 1 spiro atoms. The molecule has 2 aromatic rings. The Morgan fingerprint density at radius 1 is 1.10 bits per heavy atom. The number of sulfonamides is 1. The molecule has 2 aliphatic heterocycles. The Labute approximate surface area is 299 Å². The number of amides is 1. The van der Waals surface area contributed by atoms with Crippen LogP contribution in [0.1, 0.15) is 84.1 Å². The molecule has 3 aliphatic rings. The molecular formula is C37H46ClN3O8S. The summed E-state index contributed by atoms with van der Waals surface area (Å²) in [5.41, 5.74) is 0.387. The van der Waals surface area contributed by atoms with Gasteiger partial charge in [0.15, 0.2) is 17.2 Å². The van der Waals surface area contributed by atoms with E-state index in [0.29, 0.717) is 35.7 Å². The molecule has 1 unspecified atom stereocenters. The van der Waals surface area contributed by atoms with E-state index in [1.807, 2.05) is 26.8 Å². The fraction of sp³-hybridized carbons (Fsp3) is 0.541. The van der Waals surface area contributed by atoms with Gasteiger partial charge in [-0.25, -0.2) is 13.1 Å². The molecule has 13 heteroatoms. The van der Waals surface area contributed by atoms with Gasteiger partial charge in [0.1, 0.15) is 5.75 Å². The van der Waals surface area contributed by atoms with Gasteiger partial charge in [0.2, 0.25) is 21.7 Å². The average molecular weight is 728 g/mol. The molecule has 2 heterocycles. The molecule has 1 saturated heterocycles. The van der Waals surface area contributed by atoms with E-state index in [4.69, 9.17) is 21.2 Å². The normalized spacial score (nSPS) is 21.5. The van der Waals surface area contributed by atoms with Crippen LogP contribution in [0, 0.1) is 17.8 Å². The van der Waals surface area contributed by atoms with Crippen molar-refractivity contribution in [2.75, 3.05) is 13.7 Å². The van der Waals surface area contributed by atoms with Crippen LogP contribution < -0.4 is 9.46 Å². The van der Waals surface area contributed by atoms with Crippen LogP contribution in [0.2, 0.25) is 5.02 Å². The molecular weight excluding hydrogens is 682 g/mol. The van der Waals surface area contributed by atoms with Crippen molar-refractivity contribution in [1.82, 2.24) is 9.62 Å². The highest BCUT2D eigenvalue weighted by atomic mass is 35.5. The van der Waals surface area contributed by atoms with Gasteiger partial charge in [-0.05, 0) is 67.5 Å². The Hall–Kier alpha value is -3.61. The van der Waals surface area contributed by atoms with E-state index in [2.05, 4.69) is 9.88 Å². The number of carbonyl (C=O) groups excluding carboxylic acids is 4. The molecule has 2 aromatic carbocycles. The lowest BCUT2D eigenvalue weighted by atomic mass is 9.85. The molecule has 0 bridgehead atoms. The number of halogens is 1. The van der Waals surface area contributed by atoms with Crippen LogP contribution in [-0.4, -0.2) is 73.6 Å². The molecule has 50 heavy (non-hydrogen) atoms. The lowest BCUT2D eigenvalue weighted by Crippen LogP contribution is -2.47. The second-order valence-electron chi connectivity index (χ2n) is 14.2. The number of hydrogen-bond donors (Lipinski definition) is 1. The summed E-state index contributed by atoms with van der Waals surface area (Å²) < 4.78 is 34.5. The first-order valence-corrected chi connectivity index (χ1v) is 19.2. The minimum Gasteiger partial charge on any atom is -0.497 e. The van der Waals surface area contributed by atoms with E-state index in [1.54, 1.807) is 30.3 Å². The minimum atomic E-state index is -4.00. The van der Waals surface area contributed by atoms with Crippen molar-refractivity contribution in [3.8, 4) is 5.75 Å². The monoisotopic (exact) mass is 727 g/mol. The van der Waals surface area contributed by atoms with Crippen molar-refractivity contribution in [2.24, 2.45) is 22.9 Å². The zero-order valence-corrected chi connectivity index (χ0v) is 30.6. The summed E-state index contributed by atoms with van der Waals surface area (Å²) in [7, 11) is -2.52. The smallest absolute Gasteiger partial charge is 0.240 e. The largest absolute Gasteiger partial charge is 0.497 e. The maximum atomic E-state index is 14.2. The van der Waals surface area contributed by atoms with Gasteiger partial charge < -0.3 is 14.5 Å². The van der Waals surface area contributed by atoms with Crippen molar-refractivity contribution in [2.45, 2.75) is 101 Å². The number of carbonyl (C=O) groups is 4. The van der Waals surface area contributed by atoms with Crippen molar-refractivity contribution in [3.63, 3.8) is 0 Å². The minimum absolute atomic E-state index is 0.0255. The maximum Gasteiger partial charge on any atom is 0.240 e. The third-order valence-corrected chi connectivity index (χ3v) is 11.6. The quantitative estimate of drug-likeness (QED) is 0.210. The second kappa shape index (κ2) is 15.7. The summed E-state index contributed by atoms with van der Waals surface area (Å²) in [6, 6.07) is 11.4. The van der Waals surface area contributed by atoms with Gasteiger partial charge in [-0.1, -0.05) is 56.1 Å². The van der Waals surface area contributed by atoms with E-state index < -0.39 is 51.1 Å². The summed E-state index contributed by atoms with van der Waals surface area (Å²) in [4.78, 5) is 61.9. The Morgan fingerprint density at radius 2 is 1.82 bits per heavy atom. The predicted molar refractivity (Wildman–Crippen MR) is 188 cm³/mol. The summed E-state index contributed by atoms with van der Waals surface area (Å²) >= 11 is 6.23. The highest BCUT2D eigenvalue weighted by Gasteiger charge is 2.54. The zero-order valence-electron chi connectivity index (χ0n) is 29.0. The number of oxime groups is 1. The van der Waals surface area contributed by atoms with Crippen LogP contribution in [0.5, 0.6) is 5.75 Å². The first-order valence-electron chi connectivity index (χ1n) is 17.3. The molecule has 1 N–H and O–H groups in total. The second-order valence-corrected chi connectivity index (χ2v) is 16.3. The number of ketones is 3. The summed E-state index contributed by atoms with van der Waals surface area (Å²) in [6.45, 7) is 5.57. The van der Waals surface area contributed by atoms with Crippen LogP contribution in [0.15, 0.2) is 58.6 Å². The third-order valence-electron chi connectivity index (χ3n) is 9.87. The standard InChI is InChI=1S/C37H46ClN3O8S/c1-5-7-26(36(45)34(43)16-24-10-11-24)18-33(42)32-21-37(20-31(39-49-37)25-8-6-9-27(38)17-25)22-41(32)35(44)19-30(23(2)3)40-50(46,47)29-14-12-28(48-4)13-15-29/h6,8-9,12-15,17,23-24,26,30,32,40H,5,7,10-11,16,18-22H2,1-4H3/t26-,30?,32+,37-/m1/s1. The number of methoxy groups -OCH3 is 1. The molecule has 270 valence electrons. The number of rotatable bonds is 17. The van der Waals surface area contributed by atoms with Gasteiger partial charge in [-0.3, -0.25) is 19.2 Å². The average Bonchev–Trinajstić information content (AvgIpc) is 3.68. The lowest BCUT2D eigenvalue weighted by Gasteiger charge is -2.28. The van der Waals surface area contributed by atoms with E-state index >= 15 is 0 Å². The van der Waals surface area contributed by atoms with Crippen molar-refractivity contribution >= 4 is 50.6 Å². The molecule has 1 aliphatic carbocycles. The van der Waals surface area contributed by atoms with Crippen LogP contribution in [-0.2, 0) is 34.0 Å². The van der Waals surface area contributed by atoms with E-state index in [-0.39, 0.29) is 54.7 Å². The fourth-order valence-electron chi connectivity index (χ4n) is 6.74. The van der Waals surface area contributed by atoms with Crippen LogP contribution in [0.25, 0.3) is 0 Å². The number of benzene rings is 2. The Bertz CT molecular complexity index is 1740. The Balaban J connectivity index is 1.37. The Kier molecular flexibility index (Phi) is 11.8. The van der Waals surface area contributed by atoms with Crippen LogP contribution >= 0.6 is 11.6 Å². The lowest BCUT2D eigenvalue weighted by molar-refractivity contribution is -0.142. The van der Waals surface area contributed by atoms with Gasteiger partial charge in [0.25, 0.3) is 0 Å². The van der Waals surface area contributed by atoms with Gasteiger partial charge >= 0.3 is 0 Å². The van der Waals surface area contributed by atoms with E-state index in [9.17, 15) is 27.6 Å². The summed E-state index contributed by atoms with van der Waals surface area (Å²) in [5, 5.41) is 4.87. The predicted octanol–water partition coefficient (Wildman–Crippen LogP) is 5.52. The number of nitrogens with one attached hydrogen (secondary N) is 1. The fourth-order valence-corrected chi connectivity index (χ4v) is 8.32. The van der Waals surface area contributed by atoms with Crippen LogP contribution in [0.3, 0.4) is 0 Å². The van der Waals surface area contributed by atoms with Crippen molar-refractivity contribution < 1.29 is 37.2 Å². The molecule has 0 aromatic heterocycles. The molecule has 1 saturated carbocycles. The summed E-state index contributed by atoms with van der Waals surface area (Å²) in [6.07, 6.45) is 3.14. The van der Waals surface area contributed by atoms with Gasteiger partial charge in [-0.2, -0.15) is 0 Å². The number of nitrogens with zero attached hydrogens (tertiary/aromatic N) is 2. The molecule has 1 amide bonds. The highest BCUT2D eigenvalue weighted by Crippen LogP contribution is 2.41. The zero-order chi connectivity index (χ0) is 36.2. The van der Waals surface area contributed by atoms with Crippen molar-refractivity contribution in [3.05, 3.63) is 59.1 Å². The molecule has 0 radical (unpaired) electrons. The number of ether oxygens (including phenoxy) is 1. The third kappa shape index (κ3) is 8.99. The highest BCUT2D eigenvalue weighted by molar-refractivity contribution is 7.89. The van der Waals surface area contributed by atoms with Gasteiger partial charge in [0.05, 0.1) is 30.3 Å².